The second kappa shape index (κ2) is 7.42. The normalized spacial score (nSPS) is 10.5. The van der Waals surface area contributed by atoms with Crippen LogP contribution in [0.3, 0.4) is 0 Å². The molecule has 6 heteroatoms. The van der Waals surface area contributed by atoms with Gasteiger partial charge in [-0.3, -0.25) is 4.79 Å². The van der Waals surface area contributed by atoms with Crippen molar-refractivity contribution in [3.05, 3.63) is 52.2 Å². The molecule has 0 saturated carbocycles. The van der Waals surface area contributed by atoms with Crippen molar-refractivity contribution in [1.82, 2.24) is 0 Å². The second-order valence-electron chi connectivity index (χ2n) is 4.25. The number of methoxy groups -OCH3 is 2. The number of nitrogens with one attached hydrogen (secondary N) is 1. The number of anilines is 1. The van der Waals surface area contributed by atoms with E-state index in [1.807, 2.05) is 24.3 Å². The Balaban J connectivity index is 2.05. The van der Waals surface area contributed by atoms with E-state index in [0.29, 0.717) is 16.3 Å². The van der Waals surface area contributed by atoms with Crippen LogP contribution in [0.5, 0.6) is 5.75 Å². The van der Waals surface area contributed by atoms with E-state index < -0.39 is 5.97 Å². The van der Waals surface area contributed by atoms with E-state index in [1.165, 1.54) is 24.5 Å². The average molecular weight is 317 g/mol. The van der Waals surface area contributed by atoms with Crippen LogP contribution in [-0.2, 0) is 9.53 Å². The Labute approximate surface area is 132 Å². The maximum Gasteiger partial charge on any atom is 0.350 e. The molecule has 0 unspecified atom stereocenters. The van der Waals surface area contributed by atoms with Crippen molar-refractivity contribution >= 4 is 35.0 Å². The lowest BCUT2D eigenvalue weighted by molar-refractivity contribution is -0.111. The number of benzene rings is 1. The van der Waals surface area contributed by atoms with Crippen LogP contribution < -0.4 is 10.1 Å². The first-order chi connectivity index (χ1) is 10.6. The van der Waals surface area contributed by atoms with Crippen molar-refractivity contribution in [2.45, 2.75) is 0 Å². The second-order valence-corrected chi connectivity index (χ2v) is 5.17. The highest BCUT2D eigenvalue weighted by atomic mass is 32.1. The molecule has 0 atom stereocenters. The van der Waals surface area contributed by atoms with Gasteiger partial charge in [0.15, 0.2) is 0 Å². The molecule has 0 aliphatic heterocycles. The number of carbonyl (C=O) groups excluding carboxylic acids is 2. The minimum Gasteiger partial charge on any atom is -0.497 e. The molecular weight excluding hydrogens is 302 g/mol. The van der Waals surface area contributed by atoms with Crippen LogP contribution in [0, 0.1) is 0 Å². The number of rotatable bonds is 5. The van der Waals surface area contributed by atoms with E-state index in [9.17, 15) is 9.59 Å². The van der Waals surface area contributed by atoms with Crippen LogP contribution in [0.15, 0.2) is 41.8 Å². The Kier molecular flexibility index (Phi) is 5.32. The summed E-state index contributed by atoms with van der Waals surface area (Å²) in [7, 11) is 2.89. The smallest absolute Gasteiger partial charge is 0.350 e. The summed E-state index contributed by atoms with van der Waals surface area (Å²) in [6.07, 6.45) is 3.07. The first-order valence-electron chi connectivity index (χ1n) is 6.43. The lowest BCUT2D eigenvalue weighted by Crippen LogP contribution is -2.10. The van der Waals surface area contributed by atoms with Gasteiger partial charge in [-0.05, 0) is 35.2 Å². The van der Waals surface area contributed by atoms with E-state index in [1.54, 1.807) is 24.6 Å². The molecule has 1 aromatic carbocycles. The molecule has 0 aliphatic carbocycles. The molecule has 1 N–H and O–H groups in total. The van der Waals surface area contributed by atoms with Crippen LogP contribution in [0.4, 0.5) is 5.69 Å². The summed E-state index contributed by atoms with van der Waals surface area (Å²) in [5.74, 6) is -0.0816. The molecule has 1 amide bonds. The standard InChI is InChI=1S/C16H15NO4S/c1-20-12-5-3-4-11(10-12)6-7-14(18)17-13-8-9-22-15(13)16(19)21-2/h3-10H,1-2H3,(H,17,18)/b7-6+. The summed E-state index contributed by atoms with van der Waals surface area (Å²) in [6, 6.07) is 9.00. The fraction of sp³-hybridized carbons (Fsp3) is 0.125. The van der Waals surface area contributed by atoms with Crippen molar-refractivity contribution in [2.75, 3.05) is 19.5 Å². The van der Waals surface area contributed by atoms with Crippen molar-refractivity contribution in [2.24, 2.45) is 0 Å². The SMILES string of the molecule is COC(=O)c1sccc1NC(=O)/C=C/c1cccc(OC)c1. The first kappa shape index (κ1) is 15.8. The highest BCUT2D eigenvalue weighted by Crippen LogP contribution is 2.23. The predicted molar refractivity (Wildman–Crippen MR) is 86.3 cm³/mol. The number of thiophene rings is 1. The molecule has 0 aliphatic rings. The van der Waals surface area contributed by atoms with Crippen molar-refractivity contribution in [3.63, 3.8) is 0 Å². The largest absolute Gasteiger partial charge is 0.497 e. The lowest BCUT2D eigenvalue weighted by atomic mass is 10.2. The maximum atomic E-state index is 11.9. The summed E-state index contributed by atoms with van der Waals surface area (Å²) >= 11 is 1.21. The van der Waals surface area contributed by atoms with Gasteiger partial charge < -0.3 is 14.8 Å². The van der Waals surface area contributed by atoms with Gasteiger partial charge in [0, 0.05) is 6.08 Å². The molecule has 2 rings (SSSR count). The van der Waals surface area contributed by atoms with E-state index in [2.05, 4.69) is 10.1 Å². The molecule has 1 aromatic heterocycles. The number of amides is 1. The number of ether oxygens (including phenoxy) is 2. The molecule has 0 radical (unpaired) electrons. The van der Waals surface area contributed by atoms with Gasteiger partial charge in [-0.2, -0.15) is 0 Å². The fourth-order valence-electron chi connectivity index (χ4n) is 1.75. The van der Waals surface area contributed by atoms with Crippen LogP contribution in [0.2, 0.25) is 0 Å². The van der Waals surface area contributed by atoms with E-state index in [-0.39, 0.29) is 5.91 Å². The third-order valence-corrected chi connectivity index (χ3v) is 3.71. The van der Waals surface area contributed by atoms with E-state index in [4.69, 9.17) is 4.74 Å². The predicted octanol–water partition coefficient (Wildman–Crippen LogP) is 3.20. The zero-order chi connectivity index (χ0) is 15.9. The summed E-state index contributed by atoms with van der Waals surface area (Å²) < 4.78 is 9.78. The molecule has 0 fully saturated rings. The van der Waals surface area contributed by atoms with Gasteiger partial charge in [0.2, 0.25) is 5.91 Å². The third-order valence-electron chi connectivity index (χ3n) is 2.81. The zero-order valence-electron chi connectivity index (χ0n) is 12.2. The average Bonchev–Trinajstić information content (AvgIpc) is 3.00. The highest BCUT2D eigenvalue weighted by molar-refractivity contribution is 7.12. The maximum absolute atomic E-state index is 11.9. The van der Waals surface area contributed by atoms with Crippen molar-refractivity contribution < 1.29 is 19.1 Å². The molecule has 22 heavy (non-hydrogen) atoms. The molecule has 0 spiro atoms. The first-order valence-corrected chi connectivity index (χ1v) is 7.31. The van der Waals surface area contributed by atoms with Crippen LogP contribution in [0.1, 0.15) is 15.2 Å². The Hall–Kier alpha value is -2.60. The van der Waals surface area contributed by atoms with Crippen molar-refractivity contribution in [3.8, 4) is 5.75 Å². The van der Waals surface area contributed by atoms with Crippen LogP contribution in [0.25, 0.3) is 6.08 Å². The van der Waals surface area contributed by atoms with Crippen LogP contribution >= 0.6 is 11.3 Å². The lowest BCUT2D eigenvalue weighted by Gasteiger charge is -2.03. The number of carbonyl (C=O) groups is 2. The summed E-state index contributed by atoms with van der Waals surface area (Å²) in [5.41, 5.74) is 1.28. The van der Waals surface area contributed by atoms with Gasteiger partial charge in [-0.15, -0.1) is 11.3 Å². The molecule has 0 bridgehead atoms. The quantitative estimate of drug-likeness (QED) is 0.679. The van der Waals surface area contributed by atoms with E-state index >= 15 is 0 Å². The van der Waals surface area contributed by atoms with Gasteiger partial charge in [-0.25, -0.2) is 4.79 Å². The van der Waals surface area contributed by atoms with Crippen molar-refractivity contribution in [1.29, 1.82) is 0 Å². The monoisotopic (exact) mass is 317 g/mol. The van der Waals surface area contributed by atoms with Crippen LogP contribution in [-0.4, -0.2) is 26.1 Å². The highest BCUT2D eigenvalue weighted by Gasteiger charge is 2.14. The van der Waals surface area contributed by atoms with E-state index in [0.717, 1.165) is 5.56 Å². The number of hydrogen-bond acceptors (Lipinski definition) is 5. The summed E-state index contributed by atoms with van der Waals surface area (Å²) in [6.45, 7) is 0. The van der Waals surface area contributed by atoms with Gasteiger partial charge in [0.25, 0.3) is 0 Å². The zero-order valence-corrected chi connectivity index (χ0v) is 13.0. The summed E-state index contributed by atoms with van der Waals surface area (Å²) in [5, 5.41) is 4.37. The molecular formula is C16H15NO4S. The van der Waals surface area contributed by atoms with Gasteiger partial charge in [0.1, 0.15) is 10.6 Å². The Morgan fingerprint density at radius 2 is 2.05 bits per heavy atom. The molecule has 5 nitrogen and oxygen atoms in total. The number of esters is 1. The van der Waals surface area contributed by atoms with Gasteiger partial charge >= 0.3 is 5.97 Å². The topological polar surface area (TPSA) is 64.6 Å². The minimum absolute atomic E-state index is 0.327. The van der Waals surface area contributed by atoms with Gasteiger partial charge in [-0.1, -0.05) is 12.1 Å². The summed E-state index contributed by atoms with van der Waals surface area (Å²) in [4.78, 5) is 23.8. The Morgan fingerprint density at radius 1 is 1.23 bits per heavy atom. The Morgan fingerprint density at radius 3 is 2.77 bits per heavy atom. The molecule has 1 heterocycles. The Bertz CT molecular complexity index is 706. The third kappa shape index (κ3) is 3.95. The minimum atomic E-state index is -0.470. The molecule has 0 saturated heterocycles. The van der Waals surface area contributed by atoms with Gasteiger partial charge in [0.05, 0.1) is 19.9 Å². The number of hydrogen-bond donors (Lipinski definition) is 1. The molecule has 114 valence electrons. The molecule has 2 aromatic rings. The fourth-order valence-corrected chi connectivity index (χ4v) is 2.52.